The van der Waals surface area contributed by atoms with Crippen LogP contribution in [0.5, 0.6) is 5.75 Å². The van der Waals surface area contributed by atoms with Gasteiger partial charge in [0.15, 0.2) is 5.60 Å². The van der Waals surface area contributed by atoms with Crippen molar-refractivity contribution in [2.75, 3.05) is 0 Å². The molecule has 0 atom stereocenters. The highest BCUT2D eigenvalue weighted by Gasteiger charge is 2.29. The molecule has 0 saturated carbocycles. The number of carbonyl (C=O) groups is 1. The molecule has 1 N–H and O–H groups in total. The van der Waals surface area contributed by atoms with Gasteiger partial charge in [-0.25, -0.2) is 4.79 Å². The van der Waals surface area contributed by atoms with E-state index >= 15 is 0 Å². The van der Waals surface area contributed by atoms with Gasteiger partial charge >= 0.3 is 5.97 Å². The smallest absolute Gasteiger partial charge is 0.347 e. The first-order valence-corrected chi connectivity index (χ1v) is 6.59. The zero-order valence-corrected chi connectivity index (χ0v) is 12.0. The average Bonchev–Trinajstić information content (AvgIpc) is 2.47. The summed E-state index contributed by atoms with van der Waals surface area (Å²) in [6, 6.07) is 13.0. The normalized spacial score (nSPS) is 11.5. The monoisotopic (exact) mass is 283 g/mol. The third-order valence-electron chi connectivity index (χ3n) is 2.90. The van der Waals surface area contributed by atoms with Gasteiger partial charge in [0, 0.05) is 6.20 Å². The highest BCUT2D eigenvalue weighted by molar-refractivity contribution is 5.76. The SMILES string of the molecule is CC(C)(Oc1ccc(/C=C/c2ccccn2)cc1)C(=O)O. The van der Waals surface area contributed by atoms with Crippen molar-refractivity contribution < 1.29 is 14.6 Å². The average molecular weight is 283 g/mol. The van der Waals surface area contributed by atoms with Crippen molar-refractivity contribution >= 4 is 18.1 Å². The third-order valence-corrected chi connectivity index (χ3v) is 2.90. The Labute approximate surface area is 123 Å². The molecule has 0 radical (unpaired) electrons. The fourth-order valence-electron chi connectivity index (χ4n) is 1.64. The maximum atomic E-state index is 11.0. The van der Waals surface area contributed by atoms with E-state index < -0.39 is 11.6 Å². The van der Waals surface area contributed by atoms with Crippen LogP contribution in [0, 0.1) is 0 Å². The molecule has 1 aromatic carbocycles. The molecule has 1 heterocycles. The molecule has 0 aliphatic rings. The summed E-state index contributed by atoms with van der Waals surface area (Å²) in [4.78, 5) is 15.2. The van der Waals surface area contributed by atoms with E-state index in [4.69, 9.17) is 9.84 Å². The summed E-state index contributed by atoms with van der Waals surface area (Å²) in [7, 11) is 0. The van der Waals surface area contributed by atoms with Gasteiger partial charge in [-0.1, -0.05) is 24.3 Å². The van der Waals surface area contributed by atoms with E-state index in [1.807, 2.05) is 42.5 Å². The first-order chi connectivity index (χ1) is 9.97. The Balaban J connectivity index is 2.06. The lowest BCUT2D eigenvalue weighted by molar-refractivity contribution is -0.152. The highest BCUT2D eigenvalue weighted by Crippen LogP contribution is 2.20. The van der Waals surface area contributed by atoms with E-state index in [1.165, 1.54) is 13.8 Å². The molecule has 1 aromatic heterocycles. The van der Waals surface area contributed by atoms with Crippen molar-refractivity contribution in [2.24, 2.45) is 0 Å². The number of aliphatic carboxylic acids is 1. The molecule has 4 heteroatoms. The second-order valence-electron chi connectivity index (χ2n) is 5.07. The second-order valence-corrected chi connectivity index (χ2v) is 5.07. The zero-order chi connectivity index (χ0) is 15.3. The van der Waals surface area contributed by atoms with Crippen LogP contribution in [0.15, 0.2) is 48.7 Å². The lowest BCUT2D eigenvalue weighted by atomic mass is 10.1. The van der Waals surface area contributed by atoms with Crippen LogP contribution >= 0.6 is 0 Å². The number of aromatic nitrogens is 1. The fraction of sp³-hybridized carbons (Fsp3) is 0.176. The molecule has 0 aliphatic heterocycles. The van der Waals surface area contributed by atoms with E-state index in [0.29, 0.717) is 5.75 Å². The molecular formula is C17H17NO3. The van der Waals surface area contributed by atoms with Gasteiger partial charge in [-0.3, -0.25) is 4.98 Å². The van der Waals surface area contributed by atoms with Crippen LogP contribution in [0.3, 0.4) is 0 Å². The van der Waals surface area contributed by atoms with Crippen LogP contribution in [-0.2, 0) is 4.79 Å². The summed E-state index contributed by atoms with van der Waals surface area (Å²) in [5.41, 5.74) is 0.622. The molecule has 0 aliphatic carbocycles. The van der Waals surface area contributed by atoms with Crippen molar-refractivity contribution in [1.29, 1.82) is 0 Å². The maximum absolute atomic E-state index is 11.0. The molecule has 2 rings (SSSR count). The Bertz CT molecular complexity index is 631. The molecule has 4 nitrogen and oxygen atoms in total. The topological polar surface area (TPSA) is 59.4 Å². The standard InChI is InChI=1S/C17H17NO3/c1-17(2,16(19)20)21-15-10-7-13(8-11-15)6-9-14-5-3-4-12-18-14/h3-12H,1-2H3,(H,19,20)/b9-6+. The Morgan fingerprint density at radius 3 is 2.43 bits per heavy atom. The predicted octanol–water partition coefficient (Wildman–Crippen LogP) is 3.49. The number of benzene rings is 1. The zero-order valence-electron chi connectivity index (χ0n) is 12.0. The number of rotatable bonds is 5. The number of carboxylic acid groups (broad SMARTS) is 1. The summed E-state index contributed by atoms with van der Waals surface area (Å²) in [6.45, 7) is 3.04. The van der Waals surface area contributed by atoms with Crippen molar-refractivity contribution in [3.05, 3.63) is 59.9 Å². The van der Waals surface area contributed by atoms with Crippen LogP contribution in [-0.4, -0.2) is 21.7 Å². The van der Waals surface area contributed by atoms with E-state index in [0.717, 1.165) is 11.3 Å². The summed E-state index contributed by atoms with van der Waals surface area (Å²) in [6.07, 6.45) is 5.59. The van der Waals surface area contributed by atoms with Crippen LogP contribution in [0.4, 0.5) is 0 Å². The minimum absolute atomic E-state index is 0.525. The van der Waals surface area contributed by atoms with Gasteiger partial charge in [-0.2, -0.15) is 0 Å². The molecule has 2 aromatic rings. The maximum Gasteiger partial charge on any atom is 0.347 e. The first kappa shape index (κ1) is 14.8. The van der Waals surface area contributed by atoms with E-state index in [2.05, 4.69) is 4.98 Å². The van der Waals surface area contributed by atoms with Crippen molar-refractivity contribution in [3.63, 3.8) is 0 Å². The van der Waals surface area contributed by atoms with Gasteiger partial charge in [-0.05, 0) is 49.8 Å². The summed E-state index contributed by atoms with van der Waals surface area (Å²) in [5, 5.41) is 9.02. The number of carboxylic acids is 1. The molecule has 108 valence electrons. The Kier molecular flexibility index (Phi) is 4.38. The molecule has 0 amide bonds. The Morgan fingerprint density at radius 2 is 1.86 bits per heavy atom. The lowest BCUT2D eigenvalue weighted by Gasteiger charge is -2.21. The van der Waals surface area contributed by atoms with E-state index in [1.54, 1.807) is 18.3 Å². The molecular weight excluding hydrogens is 266 g/mol. The summed E-state index contributed by atoms with van der Waals surface area (Å²) >= 11 is 0. The van der Waals surface area contributed by atoms with Gasteiger partial charge in [-0.15, -0.1) is 0 Å². The number of nitrogens with zero attached hydrogens (tertiary/aromatic N) is 1. The van der Waals surface area contributed by atoms with Gasteiger partial charge in [0.05, 0.1) is 5.69 Å². The largest absolute Gasteiger partial charge is 0.478 e. The van der Waals surface area contributed by atoms with Crippen molar-refractivity contribution in [2.45, 2.75) is 19.4 Å². The van der Waals surface area contributed by atoms with Gasteiger partial charge in [0.25, 0.3) is 0 Å². The van der Waals surface area contributed by atoms with Gasteiger partial charge in [0.1, 0.15) is 5.75 Å². The molecule has 0 spiro atoms. The van der Waals surface area contributed by atoms with Crippen molar-refractivity contribution in [3.8, 4) is 5.75 Å². The molecule has 0 unspecified atom stereocenters. The summed E-state index contributed by atoms with van der Waals surface area (Å²) in [5.74, 6) is -0.473. The minimum atomic E-state index is -1.24. The predicted molar refractivity (Wildman–Crippen MR) is 81.9 cm³/mol. The van der Waals surface area contributed by atoms with Crippen LogP contribution in [0.25, 0.3) is 12.2 Å². The molecule has 0 saturated heterocycles. The number of pyridine rings is 1. The second kappa shape index (κ2) is 6.22. The first-order valence-electron chi connectivity index (χ1n) is 6.59. The van der Waals surface area contributed by atoms with Gasteiger partial charge < -0.3 is 9.84 Å². The van der Waals surface area contributed by atoms with Crippen LogP contribution in [0.2, 0.25) is 0 Å². The van der Waals surface area contributed by atoms with Crippen LogP contribution in [0.1, 0.15) is 25.1 Å². The Hall–Kier alpha value is -2.62. The number of hydrogen-bond donors (Lipinski definition) is 1. The number of ether oxygens (including phenoxy) is 1. The van der Waals surface area contributed by atoms with Crippen LogP contribution < -0.4 is 4.74 Å². The highest BCUT2D eigenvalue weighted by atomic mass is 16.5. The molecule has 0 fully saturated rings. The van der Waals surface area contributed by atoms with E-state index in [-0.39, 0.29) is 0 Å². The molecule has 21 heavy (non-hydrogen) atoms. The Morgan fingerprint density at radius 1 is 1.14 bits per heavy atom. The molecule has 0 bridgehead atoms. The fourth-order valence-corrected chi connectivity index (χ4v) is 1.64. The number of hydrogen-bond acceptors (Lipinski definition) is 3. The van der Waals surface area contributed by atoms with E-state index in [9.17, 15) is 4.79 Å². The summed E-state index contributed by atoms with van der Waals surface area (Å²) < 4.78 is 5.45. The lowest BCUT2D eigenvalue weighted by Crippen LogP contribution is -2.37. The quantitative estimate of drug-likeness (QED) is 0.912. The third kappa shape index (κ3) is 4.18. The minimum Gasteiger partial charge on any atom is -0.478 e. The van der Waals surface area contributed by atoms with Crippen molar-refractivity contribution in [1.82, 2.24) is 4.98 Å². The van der Waals surface area contributed by atoms with Gasteiger partial charge in [0.2, 0.25) is 0 Å².